The van der Waals surface area contributed by atoms with Crippen molar-refractivity contribution in [3.8, 4) is 0 Å². The molecule has 0 aliphatic heterocycles. The van der Waals surface area contributed by atoms with Crippen LogP contribution in [0.1, 0.15) is 79.1 Å². The van der Waals surface area contributed by atoms with E-state index in [9.17, 15) is 0 Å². The molecular weight excluding hydrogens is 236 g/mol. The molecule has 0 N–H and O–H groups in total. The van der Waals surface area contributed by atoms with Gasteiger partial charge in [-0.1, -0.05) is 45.4 Å². The fourth-order valence-electron chi connectivity index (χ4n) is 2.76. The van der Waals surface area contributed by atoms with E-state index in [2.05, 4.69) is 27.7 Å². The van der Waals surface area contributed by atoms with Gasteiger partial charge < -0.3 is 9.47 Å². The van der Waals surface area contributed by atoms with Crippen molar-refractivity contribution in [1.29, 1.82) is 0 Å². The Morgan fingerprint density at radius 2 is 1.53 bits per heavy atom. The lowest BCUT2D eigenvalue weighted by Gasteiger charge is -2.34. The second-order valence-electron chi connectivity index (χ2n) is 6.07. The fourth-order valence-corrected chi connectivity index (χ4v) is 2.76. The number of hydrogen-bond donors (Lipinski definition) is 0. The lowest BCUT2D eigenvalue weighted by Crippen LogP contribution is -2.35. The van der Waals surface area contributed by atoms with Crippen molar-refractivity contribution < 1.29 is 9.47 Å². The van der Waals surface area contributed by atoms with Crippen LogP contribution in [0.2, 0.25) is 0 Å². The molecule has 1 atom stereocenters. The molecule has 0 aromatic heterocycles. The van der Waals surface area contributed by atoms with Gasteiger partial charge in [-0.15, -0.1) is 0 Å². The summed E-state index contributed by atoms with van der Waals surface area (Å²) in [5.41, 5.74) is -0.0172. The van der Waals surface area contributed by atoms with E-state index in [1.54, 1.807) is 7.11 Å². The standard InChI is InChI=1S/C17H36O2/c1-6-8-9-10-11-12-13-16(14-15-18-5)17(3,4)19-7-2/h16H,6-15H2,1-5H3. The summed E-state index contributed by atoms with van der Waals surface area (Å²) in [5, 5.41) is 0. The van der Waals surface area contributed by atoms with E-state index >= 15 is 0 Å². The van der Waals surface area contributed by atoms with Crippen LogP contribution in [0.5, 0.6) is 0 Å². The molecule has 0 heterocycles. The molecule has 2 nitrogen and oxygen atoms in total. The predicted octanol–water partition coefficient (Wildman–Crippen LogP) is 5.20. The zero-order valence-electron chi connectivity index (χ0n) is 14.0. The Bertz CT molecular complexity index is 190. The first kappa shape index (κ1) is 18.9. The van der Waals surface area contributed by atoms with E-state index in [1.807, 2.05) is 0 Å². The van der Waals surface area contributed by atoms with Crippen LogP contribution in [-0.2, 0) is 9.47 Å². The first-order valence-corrected chi connectivity index (χ1v) is 8.21. The van der Waals surface area contributed by atoms with E-state index in [4.69, 9.17) is 9.47 Å². The third kappa shape index (κ3) is 9.45. The third-order valence-electron chi connectivity index (χ3n) is 4.08. The van der Waals surface area contributed by atoms with Gasteiger partial charge in [-0.25, -0.2) is 0 Å². The summed E-state index contributed by atoms with van der Waals surface area (Å²) >= 11 is 0. The van der Waals surface area contributed by atoms with Crippen molar-refractivity contribution in [3.63, 3.8) is 0 Å². The first-order chi connectivity index (χ1) is 9.08. The number of rotatable bonds is 13. The molecule has 0 rings (SSSR count). The molecule has 0 aliphatic carbocycles. The summed E-state index contributed by atoms with van der Waals surface area (Å²) < 4.78 is 11.2. The Kier molecular flexibility index (Phi) is 11.7. The molecule has 19 heavy (non-hydrogen) atoms. The highest BCUT2D eigenvalue weighted by Gasteiger charge is 2.29. The van der Waals surface area contributed by atoms with Crippen molar-refractivity contribution in [1.82, 2.24) is 0 Å². The summed E-state index contributed by atoms with van der Waals surface area (Å²) in [6.45, 7) is 10.5. The fraction of sp³-hybridized carbons (Fsp3) is 1.00. The van der Waals surface area contributed by atoms with Gasteiger partial charge in [0.25, 0.3) is 0 Å². The van der Waals surface area contributed by atoms with Crippen molar-refractivity contribution >= 4 is 0 Å². The van der Waals surface area contributed by atoms with Crippen molar-refractivity contribution in [2.45, 2.75) is 84.7 Å². The molecule has 2 heteroatoms. The zero-order valence-corrected chi connectivity index (χ0v) is 14.0. The lowest BCUT2D eigenvalue weighted by molar-refractivity contribution is -0.0647. The molecule has 116 valence electrons. The summed E-state index contributed by atoms with van der Waals surface area (Å²) in [6.07, 6.45) is 10.6. The van der Waals surface area contributed by atoms with Gasteiger partial charge in [0.05, 0.1) is 5.60 Å². The maximum Gasteiger partial charge on any atom is 0.0655 e. The second kappa shape index (κ2) is 11.7. The number of unbranched alkanes of at least 4 members (excludes halogenated alkanes) is 5. The smallest absolute Gasteiger partial charge is 0.0655 e. The van der Waals surface area contributed by atoms with Crippen molar-refractivity contribution in [3.05, 3.63) is 0 Å². The van der Waals surface area contributed by atoms with Gasteiger partial charge >= 0.3 is 0 Å². The third-order valence-corrected chi connectivity index (χ3v) is 4.08. The molecule has 0 fully saturated rings. The molecule has 1 unspecified atom stereocenters. The Morgan fingerprint density at radius 3 is 2.11 bits per heavy atom. The van der Waals surface area contributed by atoms with Gasteiger partial charge in [-0.3, -0.25) is 0 Å². The minimum Gasteiger partial charge on any atom is -0.385 e. The summed E-state index contributed by atoms with van der Waals surface area (Å²) in [7, 11) is 1.79. The van der Waals surface area contributed by atoms with E-state index in [1.165, 1.54) is 44.9 Å². The Morgan fingerprint density at radius 1 is 0.895 bits per heavy atom. The number of hydrogen-bond acceptors (Lipinski definition) is 2. The minimum atomic E-state index is -0.0172. The van der Waals surface area contributed by atoms with Gasteiger partial charge in [0.2, 0.25) is 0 Å². The SMILES string of the molecule is CCCCCCCCC(CCOC)C(C)(C)OCC. The largest absolute Gasteiger partial charge is 0.385 e. The maximum atomic E-state index is 5.93. The Hall–Kier alpha value is -0.0800. The van der Waals surface area contributed by atoms with E-state index < -0.39 is 0 Å². The topological polar surface area (TPSA) is 18.5 Å². The van der Waals surface area contributed by atoms with Gasteiger partial charge in [0.1, 0.15) is 0 Å². The minimum absolute atomic E-state index is 0.0172. The summed E-state index contributed by atoms with van der Waals surface area (Å²) in [4.78, 5) is 0. The van der Waals surface area contributed by atoms with Crippen molar-refractivity contribution in [2.24, 2.45) is 5.92 Å². The van der Waals surface area contributed by atoms with Crippen LogP contribution in [0, 0.1) is 5.92 Å². The second-order valence-corrected chi connectivity index (χ2v) is 6.07. The summed E-state index contributed by atoms with van der Waals surface area (Å²) in [6, 6.07) is 0. The number of ether oxygens (including phenoxy) is 2. The monoisotopic (exact) mass is 272 g/mol. The van der Waals surface area contributed by atoms with Gasteiger partial charge in [0, 0.05) is 20.3 Å². The molecule has 0 aromatic rings. The Labute approximate surface area is 121 Å². The molecule has 0 radical (unpaired) electrons. The molecular formula is C17H36O2. The first-order valence-electron chi connectivity index (χ1n) is 8.21. The molecule has 0 aliphatic rings. The summed E-state index contributed by atoms with van der Waals surface area (Å²) in [5.74, 6) is 0.610. The van der Waals surface area contributed by atoms with Crippen LogP contribution in [0.25, 0.3) is 0 Å². The van der Waals surface area contributed by atoms with Gasteiger partial charge in [-0.05, 0) is 39.5 Å². The predicted molar refractivity (Wildman–Crippen MR) is 83.7 cm³/mol. The average Bonchev–Trinajstić information content (AvgIpc) is 2.36. The highest BCUT2D eigenvalue weighted by Crippen LogP contribution is 2.29. The molecule has 0 saturated heterocycles. The van der Waals surface area contributed by atoms with Gasteiger partial charge in [0.15, 0.2) is 0 Å². The van der Waals surface area contributed by atoms with E-state index in [0.717, 1.165) is 19.6 Å². The highest BCUT2D eigenvalue weighted by molar-refractivity contribution is 4.79. The van der Waals surface area contributed by atoms with E-state index in [-0.39, 0.29) is 5.60 Å². The molecule has 0 bridgehead atoms. The van der Waals surface area contributed by atoms with Crippen LogP contribution in [0.3, 0.4) is 0 Å². The maximum absolute atomic E-state index is 5.93. The molecule has 0 aromatic carbocycles. The normalized spacial score (nSPS) is 13.7. The van der Waals surface area contributed by atoms with Crippen LogP contribution in [-0.4, -0.2) is 25.9 Å². The van der Waals surface area contributed by atoms with Crippen LogP contribution in [0.4, 0.5) is 0 Å². The average molecular weight is 272 g/mol. The Balaban J connectivity index is 3.98. The van der Waals surface area contributed by atoms with Gasteiger partial charge in [-0.2, -0.15) is 0 Å². The van der Waals surface area contributed by atoms with E-state index in [0.29, 0.717) is 5.92 Å². The molecule has 0 saturated carbocycles. The van der Waals surface area contributed by atoms with Crippen LogP contribution in [0.15, 0.2) is 0 Å². The molecule has 0 spiro atoms. The lowest BCUT2D eigenvalue weighted by atomic mass is 9.83. The molecule has 0 amide bonds. The van der Waals surface area contributed by atoms with Crippen LogP contribution >= 0.6 is 0 Å². The number of methoxy groups -OCH3 is 1. The zero-order chi connectivity index (χ0) is 14.6. The van der Waals surface area contributed by atoms with Crippen LogP contribution < -0.4 is 0 Å². The van der Waals surface area contributed by atoms with Crippen molar-refractivity contribution in [2.75, 3.05) is 20.3 Å². The highest BCUT2D eigenvalue weighted by atomic mass is 16.5. The quantitative estimate of drug-likeness (QED) is 0.429.